The van der Waals surface area contributed by atoms with Gasteiger partial charge >= 0.3 is 6.03 Å². The van der Waals surface area contributed by atoms with Crippen LogP contribution >= 0.6 is 23.2 Å². The number of oxime groups is 1. The van der Waals surface area contributed by atoms with E-state index in [1.54, 1.807) is 18.2 Å². The van der Waals surface area contributed by atoms with Crippen LogP contribution in [0.2, 0.25) is 10.0 Å². The van der Waals surface area contributed by atoms with E-state index < -0.39 is 6.03 Å². The summed E-state index contributed by atoms with van der Waals surface area (Å²) < 4.78 is 0. The number of carbonyl (C=O) groups excluding carboxylic acids is 1. The van der Waals surface area contributed by atoms with Crippen LogP contribution in [-0.4, -0.2) is 22.6 Å². The standard InChI is InChI=1S/C9H9Cl2N3O3/c10-7-2-1-3-8(11)6(7)4-17-14(5-13-16)9(12)15/h1-3,5,16H,4H2,(H2,12,15)/b13-5+. The minimum atomic E-state index is -0.939. The third-order valence-electron chi connectivity index (χ3n) is 1.78. The molecule has 0 fully saturated rings. The number of rotatable bonds is 4. The van der Waals surface area contributed by atoms with Crippen molar-refractivity contribution in [3.8, 4) is 0 Å². The molecule has 0 aliphatic rings. The summed E-state index contributed by atoms with van der Waals surface area (Å²) in [6.07, 6.45) is 0.715. The number of hydroxylamine groups is 2. The van der Waals surface area contributed by atoms with Crippen LogP contribution in [0.3, 0.4) is 0 Å². The predicted octanol–water partition coefficient (Wildman–Crippen LogP) is 2.22. The maximum absolute atomic E-state index is 10.8. The molecule has 0 aliphatic carbocycles. The number of hydrogen-bond donors (Lipinski definition) is 2. The third-order valence-corrected chi connectivity index (χ3v) is 2.49. The molecule has 2 amide bonds. The van der Waals surface area contributed by atoms with Crippen molar-refractivity contribution >= 4 is 35.6 Å². The third kappa shape index (κ3) is 3.77. The van der Waals surface area contributed by atoms with E-state index in [9.17, 15) is 4.79 Å². The molecule has 0 atom stereocenters. The molecular formula is C9H9Cl2N3O3. The van der Waals surface area contributed by atoms with Crippen molar-refractivity contribution in [2.75, 3.05) is 0 Å². The number of primary amides is 1. The fourth-order valence-electron chi connectivity index (χ4n) is 1.01. The van der Waals surface area contributed by atoms with Crippen molar-refractivity contribution in [2.24, 2.45) is 10.9 Å². The summed E-state index contributed by atoms with van der Waals surface area (Å²) in [5.41, 5.74) is 5.45. The lowest BCUT2D eigenvalue weighted by Gasteiger charge is -2.14. The Kier molecular flexibility index (Phi) is 5.02. The number of nitrogens with two attached hydrogens (primary N) is 1. The summed E-state index contributed by atoms with van der Waals surface area (Å²) in [6, 6.07) is 3.99. The van der Waals surface area contributed by atoms with E-state index in [0.29, 0.717) is 27.0 Å². The Morgan fingerprint density at radius 2 is 2.12 bits per heavy atom. The van der Waals surface area contributed by atoms with Crippen molar-refractivity contribution in [1.29, 1.82) is 0 Å². The Labute approximate surface area is 107 Å². The molecule has 0 bridgehead atoms. The first-order valence-electron chi connectivity index (χ1n) is 4.38. The second-order valence-electron chi connectivity index (χ2n) is 2.87. The van der Waals surface area contributed by atoms with Gasteiger partial charge in [-0.2, -0.15) is 5.06 Å². The van der Waals surface area contributed by atoms with Crippen molar-refractivity contribution in [3.63, 3.8) is 0 Å². The van der Waals surface area contributed by atoms with Gasteiger partial charge in [-0.05, 0) is 12.1 Å². The van der Waals surface area contributed by atoms with Gasteiger partial charge in [0, 0.05) is 15.6 Å². The quantitative estimate of drug-likeness (QED) is 0.383. The van der Waals surface area contributed by atoms with E-state index in [1.165, 1.54) is 0 Å². The second-order valence-corrected chi connectivity index (χ2v) is 3.68. The number of benzene rings is 1. The first-order valence-corrected chi connectivity index (χ1v) is 5.14. The summed E-state index contributed by atoms with van der Waals surface area (Å²) in [4.78, 5) is 15.8. The highest BCUT2D eigenvalue weighted by atomic mass is 35.5. The molecule has 6 nitrogen and oxygen atoms in total. The van der Waals surface area contributed by atoms with Crippen LogP contribution in [-0.2, 0) is 11.4 Å². The highest BCUT2D eigenvalue weighted by Crippen LogP contribution is 2.24. The predicted molar refractivity (Wildman–Crippen MR) is 63.0 cm³/mol. The van der Waals surface area contributed by atoms with Crippen molar-refractivity contribution in [2.45, 2.75) is 6.61 Å². The molecule has 1 rings (SSSR count). The van der Waals surface area contributed by atoms with Crippen molar-refractivity contribution in [3.05, 3.63) is 33.8 Å². The van der Waals surface area contributed by atoms with E-state index in [4.69, 9.17) is 39.0 Å². The van der Waals surface area contributed by atoms with Crippen LogP contribution in [0.4, 0.5) is 4.79 Å². The van der Waals surface area contributed by atoms with Gasteiger partial charge in [-0.25, -0.2) is 4.79 Å². The van der Waals surface area contributed by atoms with Gasteiger partial charge in [0.15, 0.2) is 6.34 Å². The molecule has 92 valence electrons. The lowest BCUT2D eigenvalue weighted by Crippen LogP contribution is -2.34. The zero-order chi connectivity index (χ0) is 12.8. The molecule has 0 spiro atoms. The maximum Gasteiger partial charge on any atom is 0.344 e. The van der Waals surface area contributed by atoms with Crippen LogP contribution in [0.15, 0.2) is 23.4 Å². The van der Waals surface area contributed by atoms with E-state index in [0.717, 1.165) is 0 Å². The topological polar surface area (TPSA) is 88.2 Å². The fraction of sp³-hybridized carbons (Fsp3) is 0.111. The Bertz CT molecular complexity index is 419. The summed E-state index contributed by atoms with van der Waals surface area (Å²) in [7, 11) is 0. The number of halogens is 2. The molecule has 0 heterocycles. The number of carbonyl (C=O) groups is 1. The zero-order valence-corrected chi connectivity index (χ0v) is 10.0. The maximum atomic E-state index is 10.8. The molecule has 0 aromatic heterocycles. The van der Waals surface area contributed by atoms with Crippen LogP contribution < -0.4 is 5.73 Å². The van der Waals surface area contributed by atoms with Gasteiger partial charge < -0.3 is 10.9 Å². The normalized spacial score (nSPS) is 10.7. The summed E-state index contributed by atoms with van der Waals surface area (Å²) in [5.74, 6) is 0. The van der Waals surface area contributed by atoms with E-state index in [1.807, 2.05) is 0 Å². The van der Waals surface area contributed by atoms with Gasteiger partial charge in [-0.3, -0.25) is 4.84 Å². The van der Waals surface area contributed by atoms with Gasteiger partial charge in [0.05, 0.1) is 0 Å². The smallest absolute Gasteiger partial charge is 0.344 e. The van der Waals surface area contributed by atoms with Crippen molar-refractivity contribution in [1.82, 2.24) is 5.06 Å². The molecule has 0 unspecified atom stereocenters. The van der Waals surface area contributed by atoms with Crippen LogP contribution in [0, 0.1) is 0 Å². The number of nitrogens with zero attached hydrogens (tertiary/aromatic N) is 2. The Morgan fingerprint density at radius 1 is 1.53 bits per heavy atom. The highest BCUT2D eigenvalue weighted by molar-refractivity contribution is 6.35. The minimum absolute atomic E-state index is 0.0898. The lowest BCUT2D eigenvalue weighted by molar-refractivity contribution is -0.0679. The molecule has 1 aromatic rings. The molecule has 1 aromatic carbocycles. The van der Waals surface area contributed by atoms with E-state index >= 15 is 0 Å². The monoisotopic (exact) mass is 277 g/mol. The molecule has 0 saturated heterocycles. The van der Waals surface area contributed by atoms with Gasteiger partial charge in [0.1, 0.15) is 6.61 Å². The molecule has 0 radical (unpaired) electrons. The Hall–Kier alpha value is -1.50. The van der Waals surface area contributed by atoms with Crippen molar-refractivity contribution < 1.29 is 14.8 Å². The van der Waals surface area contributed by atoms with Crippen LogP contribution in [0.5, 0.6) is 0 Å². The first-order chi connectivity index (χ1) is 8.06. The Morgan fingerprint density at radius 3 is 2.59 bits per heavy atom. The molecular weight excluding hydrogens is 269 g/mol. The van der Waals surface area contributed by atoms with Gasteiger partial charge in [-0.1, -0.05) is 34.4 Å². The SMILES string of the molecule is NC(=O)N(/C=N/O)OCc1c(Cl)cccc1Cl. The summed E-state index contributed by atoms with van der Waals surface area (Å²) >= 11 is 11.8. The molecule has 0 saturated carbocycles. The highest BCUT2D eigenvalue weighted by Gasteiger charge is 2.11. The number of hydrogen-bond acceptors (Lipinski definition) is 4. The Balaban J connectivity index is 2.75. The first kappa shape index (κ1) is 13.6. The second kappa shape index (κ2) is 6.29. The minimum Gasteiger partial charge on any atom is -0.410 e. The number of urea groups is 1. The van der Waals surface area contributed by atoms with Gasteiger partial charge in [0.2, 0.25) is 0 Å². The van der Waals surface area contributed by atoms with Crippen LogP contribution in [0.25, 0.3) is 0 Å². The van der Waals surface area contributed by atoms with E-state index in [-0.39, 0.29) is 6.61 Å². The largest absolute Gasteiger partial charge is 0.410 e. The van der Waals surface area contributed by atoms with Gasteiger partial charge in [0.25, 0.3) is 0 Å². The molecule has 3 N–H and O–H groups in total. The van der Waals surface area contributed by atoms with E-state index in [2.05, 4.69) is 5.16 Å². The van der Waals surface area contributed by atoms with Crippen LogP contribution in [0.1, 0.15) is 5.56 Å². The molecule has 0 aliphatic heterocycles. The summed E-state index contributed by atoms with van der Waals surface area (Å²) in [6.45, 7) is -0.0898. The number of amides is 2. The zero-order valence-electron chi connectivity index (χ0n) is 8.51. The lowest BCUT2D eigenvalue weighted by atomic mass is 10.2. The average Bonchev–Trinajstić information content (AvgIpc) is 2.26. The summed E-state index contributed by atoms with van der Waals surface area (Å²) in [5, 5.41) is 12.2. The van der Waals surface area contributed by atoms with Gasteiger partial charge in [-0.15, -0.1) is 0 Å². The fourth-order valence-corrected chi connectivity index (χ4v) is 1.51. The average molecular weight is 278 g/mol. The molecule has 17 heavy (non-hydrogen) atoms. The molecule has 8 heteroatoms.